The summed E-state index contributed by atoms with van der Waals surface area (Å²) < 4.78 is 0. The Kier molecular flexibility index (Phi) is 5.17. The second-order valence-corrected chi connectivity index (χ2v) is 1.57. The fourth-order valence-corrected chi connectivity index (χ4v) is 0.530. The molecule has 1 heterocycles. The molecule has 0 radical (unpaired) electrons. The van der Waals surface area contributed by atoms with Crippen LogP contribution in [-0.4, -0.2) is 6.54 Å². The lowest BCUT2D eigenvalue weighted by Gasteiger charge is -2.04. The van der Waals surface area contributed by atoms with Gasteiger partial charge in [0.25, 0.3) is 0 Å². The SMILES string of the molecule is CC.N[NH+]1C=CC=CC1. The van der Waals surface area contributed by atoms with Crippen LogP contribution >= 0.6 is 0 Å². The van der Waals surface area contributed by atoms with Gasteiger partial charge in [0.15, 0.2) is 0 Å². The lowest BCUT2D eigenvalue weighted by Crippen LogP contribution is -3.13. The third-order valence-electron chi connectivity index (χ3n) is 0.911. The first-order chi connectivity index (χ1) is 4.39. The van der Waals surface area contributed by atoms with Crippen LogP contribution in [0.15, 0.2) is 24.4 Å². The van der Waals surface area contributed by atoms with Gasteiger partial charge in [-0.05, 0) is 12.2 Å². The third kappa shape index (κ3) is 3.94. The van der Waals surface area contributed by atoms with E-state index in [1.54, 1.807) is 0 Å². The van der Waals surface area contributed by atoms with Gasteiger partial charge in [-0.1, -0.05) is 19.9 Å². The average molecular weight is 127 g/mol. The van der Waals surface area contributed by atoms with Gasteiger partial charge in [0.1, 0.15) is 12.7 Å². The number of hydrogen-bond donors (Lipinski definition) is 2. The van der Waals surface area contributed by atoms with Crippen LogP contribution in [0.1, 0.15) is 13.8 Å². The van der Waals surface area contributed by atoms with Gasteiger partial charge in [-0.15, -0.1) is 0 Å². The van der Waals surface area contributed by atoms with E-state index < -0.39 is 0 Å². The Hall–Kier alpha value is -0.600. The maximum Gasteiger partial charge on any atom is 0.118 e. The zero-order chi connectivity index (χ0) is 7.11. The van der Waals surface area contributed by atoms with Crippen LogP contribution in [-0.2, 0) is 0 Å². The second kappa shape index (κ2) is 5.54. The van der Waals surface area contributed by atoms with E-state index in [0.717, 1.165) is 11.6 Å². The first-order valence-corrected chi connectivity index (χ1v) is 3.34. The molecule has 0 aliphatic carbocycles. The van der Waals surface area contributed by atoms with Crippen molar-refractivity contribution in [3.8, 4) is 0 Å². The van der Waals surface area contributed by atoms with E-state index in [1.807, 2.05) is 38.3 Å². The summed E-state index contributed by atoms with van der Waals surface area (Å²) >= 11 is 0. The highest BCUT2D eigenvalue weighted by molar-refractivity contribution is 5.01. The molecular weight excluding hydrogens is 112 g/mol. The highest BCUT2D eigenvalue weighted by Gasteiger charge is 1.93. The monoisotopic (exact) mass is 127 g/mol. The van der Waals surface area contributed by atoms with Gasteiger partial charge in [0.2, 0.25) is 0 Å². The molecule has 1 unspecified atom stereocenters. The molecule has 0 fully saturated rings. The van der Waals surface area contributed by atoms with Crippen LogP contribution in [0, 0.1) is 0 Å². The van der Waals surface area contributed by atoms with Crippen molar-refractivity contribution in [1.29, 1.82) is 0 Å². The van der Waals surface area contributed by atoms with Crippen LogP contribution in [0.4, 0.5) is 0 Å². The molecule has 0 aromatic rings. The minimum atomic E-state index is 0.913. The normalized spacial score (nSPS) is 22.8. The number of hydrogen-bond acceptors (Lipinski definition) is 1. The van der Waals surface area contributed by atoms with E-state index >= 15 is 0 Å². The Morgan fingerprint density at radius 1 is 1.33 bits per heavy atom. The van der Waals surface area contributed by atoms with Crippen LogP contribution in [0.3, 0.4) is 0 Å². The highest BCUT2D eigenvalue weighted by atomic mass is 15.4. The molecule has 9 heavy (non-hydrogen) atoms. The van der Waals surface area contributed by atoms with Gasteiger partial charge in [-0.25, -0.2) is 5.01 Å². The van der Waals surface area contributed by atoms with Gasteiger partial charge in [-0.3, -0.25) is 0 Å². The highest BCUT2D eigenvalue weighted by Crippen LogP contribution is 1.73. The maximum atomic E-state index is 5.41. The van der Waals surface area contributed by atoms with Crippen molar-refractivity contribution in [2.24, 2.45) is 5.84 Å². The van der Waals surface area contributed by atoms with E-state index in [2.05, 4.69) is 0 Å². The second-order valence-electron chi connectivity index (χ2n) is 1.57. The molecule has 1 rings (SSSR count). The Morgan fingerprint density at radius 3 is 2.22 bits per heavy atom. The van der Waals surface area contributed by atoms with Gasteiger partial charge in [0.05, 0.1) is 0 Å². The molecule has 0 amide bonds. The molecule has 0 bridgehead atoms. The molecule has 1 atom stereocenters. The minimum Gasteiger partial charge on any atom is -0.231 e. The third-order valence-corrected chi connectivity index (χ3v) is 0.911. The van der Waals surface area contributed by atoms with Crippen LogP contribution in [0.25, 0.3) is 0 Å². The molecule has 0 saturated carbocycles. The zero-order valence-electron chi connectivity index (χ0n) is 6.09. The Balaban J connectivity index is 0.000000291. The molecule has 3 N–H and O–H groups in total. The molecule has 1 aliphatic rings. The standard InChI is InChI=1S/C5H8N2.C2H6/c6-7-4-2-1-3-5-7;1-2/h1-4H,5-6H2;1-2H3/p+1. The Bertz CT molecular complexity index is 105. The number of allylic oxidation sites excluding steroid dienone is 2. The summed E-state index contributed by atoms with van der Waals surface area (Å²) in [5.41, 5.74) is 0. The molecule has 0 saturated heterocycles. The number of rotatable bonds is 0. The minimum absolute atomic E-state index is 0.913. The van der Waals surface area contributed by atoms with E-state index in [-0.39, 0.29) is 0 Å². The first-order valence-electron chi connectivity index (χ1n) is 3.34. The smallest absolute Gasteiger partial charge is 0.118 e. The van der Waals surface area contributed by atoms with Crippen molar-refractivity contribution in [2.45, 2.75) is 13.8 Å². The summed E-state index contributed by atoms with van der Waals surface area (Å²) in [5, 5.41) is 0.947. The topological polar surface area (TPSA) is 30.5 Å². The van der Waals surface area contributed by atoms with Crippen LogP contribution in [0.2, 0.25) is 0 Å². The summed E-state index contributed by atoms with van der Waals surface area (Å²) in [4.78, 5) is 0. The van der Waals surface area contributed by atoms with E-state index in [9.17, 15) is 0 Å². The number of quaternary nitrogens is 1. The zero-order valence-corrected chi connectivity index (χ0v) is 6.09. The van der Waals surface area contributed by atoms with Crippen molar-refractivity contribution < 1.29 is 5.01 Å². The van der Waals surface area contributed by atoms with Gasteiger partial charge in [-0.2, -0.15) is 5.84 Å². The van der Waals surface area contributed by atoms with Gasteiger partial charge in [0, 0.05) is 0 Å². The predicted octanol–water partition coefficient (Wildman–Crippen LogP) is -0.145. The molecular formula is C7H15N2+. The molecule has 52 valence electrons. The fraction of sp³-hybridized carbons (Fsp3) is 0.429. The first kappa shape index (κ1) is 8.40. The summed E-state index contributed by atoms with van der Waals surface area (Å²) in [6.45, 7) is 4.91. The quantitative estimate of drug-likeness (QED) is 0.436. The molecule has 2 heteroatoms. The van der Waals surface area contributed by atoms with Gasteiger partial charge < -0.3 is 0 Å². The fourth-order valence-electron chi connectivity index (χ4n) is 0.530. The van der Waals surface area contributed by atoms with E-state index in [4.69, 9.17) is 5.84 Å². The average Bonchev–Trinajstić information content (AvgIpc) is 1.94. The van der Waals surface area contributed by atoms with Gasteiger partial charge >= 0.3 is 0 Å². The predicted molar refractivity (Wildman–Crippen MR) is 39.6 cm³/mol. The molecule has 2 nitrogen and oxygen atoms in total. The molecule has 0 aromatic carbocycles. The summed E-state index contributed by atoms with van der Waals surface area (Å²) in [7, 11) is 0. The summed E-state index contributed by atoms with van der Waals surface area (Å²) in [6, 6.07) is 0. The molecule has 0 spiro atoms. The lowest BCUT2D eigenvalue weighted by molar-refractivity contribution is -0.854. The van der Waals surface area contributed by atoms with Crippen molar-refractivity contribution >= 4 is 0 Å². The van der Waals surface area contributed by atoms with Crippen molar-refractivity contribution in [1.82, 2.24) is 0 Å². The van der Waals surface area contributed by atoms with Crippen molar-refractivity contribution in [2.75, 3.05) is 6.54 Å². The number of nitrogens with two attached hydrogens (primary N) is 1. The van der Waals surface area contributed by atoms with Crippen molar-refractivity contribution in [3.05, 3.63) is 24.4 Å². The summed E-state index contributed by atoms with van der Waals surface area (Å²) in [6.07, 6.45) is 7.89. The lowest BCUT2D eigenvalue weighted by atomic mass is 10.4. The Labute approximate surface area is 56.6 Å². The van der Waals surface area contributed by atoms with E-state index in [1.165, 1.54) is 0 Å². The molecule has 0 aromatic heterocycles. The van der Waals surface area contributed by atoms with Crippen molar-refractivity contribution in [3.63, 3.8) is 0 Å². The number of nitrogens with one attached hydrogen (secondary N) is 1. The van der Waals surface area contributed by atoms with E-state index in [0.29, 0.717) is 0 Å². The largest absolute Gasteiger partial charge is 0.231 e. The van der Waals surface area contributed by atoms with Crippen LogP contribution < -0.4 is 10.9 Å². The van der Waals surface area contributed by atoms with Crippen LogP contribution in [0.5, 0.6) is 0 Å². The maximum absolute atomic E-state index is 5.41. The summed E-state index contributed by atoms with van der Waals surface area (Å²) in [5.74, 6) is 5.41. The molecule has 1 aliphatic heterocycles. The Morgan fingerprint density at radius 2 is 2.00 bits per heavy atom.